The Morgan fingerprint density at radius 3 is 2.59 bits per heavy atom. The Kier molecular flexibility index (Phi) is 3.55. The zero-order valence-electron chi connectivity index (χ0n) is 9.50. The molecule has 1 heterocycles. The Morgan fingerprint density at radius 2 is 1.94 bits per heavy atom. The van der Waals surface area contributed by atoms with Crippen LogP contribution in [0.3, 0.4) is 0 Å². The molecule has 0 saturated carbocycles. The van der Waals surface area contributed by atoms with E-state index in [0.717, 1.165) is 16.8 Å². The van der Waals surface area contributed by atoms with Crippen molar-refractivity contribution in [2.24, 2.45) is 0 Å². The van der Waals surface area contributed by atoms with Crippen molar-refractivity contribution < 1.29 is 4.74 Å². The monoisotopic (exact) mass is 267 g/mol. The fourth-order valence-electron chi connectivity index (χ4n) is 1.58. The van der Waals surface area contributed by atoms with E-state index in [1.807, 2.05) is 19.1 Å². The fraction of sp³-hybridized carbons (Fsp3) is 0.154. The summed E-state index contributed by atoms with van der Waals surface area (Å²) in [7, 11) is 1.61. The maximum absolute atomic E-state index is 6.15. The summed E-state index contributed by atoms with van der Waals surface area (Å²) in [6.45, 7) is 1.96. The summed E-state index contributed by atoms with van der Waals surface area (Å²) in [4.78, 5) is 4.36. The second-order valence-electron chi connectivity index (χ2n) is 3.69. The molecule has 0 fully saturated rings. The molecule has 0 N–H and O–H groups in total. The first-order valence-electron chi connectivity index (χ1n) is 5.08. The molecule has 0 aliphatic carbocycles. The summed E-state index contributed by atoms with van der Waals surface area (Å²) in [5, 5.41) is 1.16. The van der Waals surface area contributed by atoms with Crippen molar-refractivity contribution in [3.8, 4) is 17.0 Å². The Morgan fingerprint density at radius 1 is 1.18 bits per heavy atom. The van der Waals surface area contributed by atoms with Crippen LogP contribution in [0.4, 0.5) is 0 Å². The van der Waals surface area contributed by atoms with E-state index < -0.39 is 0 Å². The Labute approximate surface area is 110 Å². The van der Waals surface area contributed by atoms with Crippen LogP contribution in [0.15, 0.2) is 30.5 Å². The van der Waals surface area contributed by atoms with Gasteiger partial charge in [0.25, 0.3) is 0 Å². The summed E-state index contributed by atoms with van der Waals surface area (Å²) in [5.41, 5.74) is 2.57. The highest BCUT2D eigenvalue weighted by Gasteiger charge is 2.11. The maximum Gasteiger partial charge on any atom is 0.145 e. The smallest absolute Gasteiger partial charge is 0.145 e. The quantitative estimate of drug-likeness (QED) is 0.806. The molecule has 17 heavy (non-hydrogen) atoms. The van der Waals surface area contributed by atoms with Crippen molar-refractivity contribution in [1.82, 2.24) is 4.98 Å². The number of aryl methyl sites for hydroxylation is 1. The minimum atomic E-state index is 0.562. The summed E-state index contributed by atoms with van der Waals surface area (Å²) < 4.78 is 5.31. The van der Waals surface area contributed by atoms with Crippen molar-refractivity contribution in [1.29, 1.82) is 0 Å². The molecule has 2 rings (SSSR count). The van der Waals surface area contributed by atoms with Gasteiger partial charge in [-0.15, -0.1) is 0 Å². The number of rotatable bonds is 2. The third-order valence-corrected chi connectivity index (χ3v) is 2.94. The molecule has 0 bridgehead atoms. The number of methoxy groups -OCH3 is 1. The number of aromatic nitrogens is 1. The SMILES string of the molecule is COc1cc(C)cnc1-c1ccc(Cl)cc1Cl. The third kappa shape index (κ3) is 2.54. The van der Waals surface area contributed by atoms with Crippen molar-refractivity contribution in [3.05, 3.63) is 46.1 Å². The van der Waals surface area contributed by atoms with Crippen LogP contribution in [0.1, 0.15) is 5.56 Å². The second kappa shape index (κ2) is 4.94. The predicted octanol–water partition coefficient (Wildman–Crippen LogP) is 4.37. The number of pyridine rings is 1. The molecule has 88 valence electrons. The minimum absolute atomic E-state index is 0.562. The first-order chi connectivity index (χ1) is 8.11. The van der Waals surface area contributed by atoms with Gasteiger partial charge in [-0.05, 0) is 36.8 Å². The summed E-state index contributed by atoms with van der Waals surface area (Å²) >= 11 is 12.0. The second-order valence-corrected chi connectivity index (χ2v) is 4.53. The van der Waals surface area contributed by atoms with E-state index in [-0.39, 0.29) is 0 Å². The maximum atomic E-state index is 6.15. The lowest BCUT2D eigenvalue weighted by Crippen LogP contribution is -1.93. The van der Waals surface area contributed by atoms with Crippen LogP contribution in [0.25, 0.3) is 11.3 Å². The predicted molar refractivity (Wildman–Crippen MR) is 71.0 cm³/mol. The summed E-state index contributed by atoms with van der Waals surface area (Å²) in [5.74, 6) is 0.703. The van der Waals surface area contributed by atoms with Gasteiger partial charge >= 0.3 is 0 Å². The highest BCUT2D eigenvalue weighted by Crippen LogP contribution is 2.34. The van der Waals surface area contributed by atoms with E-state index in [9.17, 15) is 0 Å². The van der Waals surface area contributed by atoms with E-state index >= 15 is 0 Å². The molecule has 1 aromatic carbocycles. The van der Waals surface area contributed by atoms with Gasteiger partial charge in [0.2, 0.25) is 0 Å². The van der Waals surface area contributed by atoms with Gasteiger partial charge in [0.15, 0.2) is 0 Å². The minimum Gasteiger partial charge on any atom is -0.494 e. The molecule has 0 atom stereocenters. The standard InChI is InChI=1S/C13H11Cl2NO/c1-8-5-12(17-2)13(16-7-8)10-4-3-9(14)6-11(10)15/h3-7H,1-2H3. The molecule has 0 saturated heterocycles. The Balaban J connectivity index is 2.60. The van der Waals surface area contributed by atoms with E-state index in [2.05, 4.69) is 4.98 Å². The van der Waals surface area contributed by atoms with E-state index in [4.69, 9.17) is 27.9 Å². The number of nitrogens with zero attached hydrogens (tertiary/aromatic N) is 1. The van der Waals surface area contributed by atoms with Gasteiger partial charge in [0.05, 0.1) is 12.1 Å². The molecular formula is C13H11Cl2NO. The van der Waals surface area contributed by atoms with Crippen molar-refractivity contribution >= 4 is 23.2 Å². The molecule has 0 aliphatic heterocycles. The molecule has 1 aromatic heterocycles. The van der Waals surface area contributed by atoms with Gasteiger partial charge in [0, 0.05) is 16.8 Å². The molecule has 2 nitrogen and oxygen atoms in total. The van der Waals surface area contributed by atoms with Gasteiger partial charge in [0.1, 0.15) is 11.4 Å². The fourth-order valence-corrected chi connectivity index (χ4v) is 2.08. The molecule has 0 spiro atoms. The average molecular weight is 268 g/mol. The number of ether oxygens (including phenoxy) is 1. The third-order valence-electron chi connectivity index (χ3n) is 2.40. The zero-order chi connectivity index (χ0) is 12.4. The van der Waals surface area contributed by atoms with Gasteiger partial charge in [-0.3, -0.25) is 4.98 Å². The first kappa shape index (κ1) is 12.2. The zero-order valence-corrected chi connectivity index (χ0v) is 11.0. The lowest BCUT2D eigenvalue weighted by molar-refractivity contribution is 0.414. The van der Waals surface area contributed by atoms with Crippen LogP contribution in [0.5, 0.6) is 5.75 Å². The van der Waals surface area contributed by atoms with Crippen molar-refractivity contribution in [2.45, 2.75) is 6.92 Å². The highest BCUT2D eigenvalue weighted by molar-refractivity contribution is 6.36. The van der Waals surface area contributed by atoms with Gasteiger partial charge < -0.3 is 4.74 Å². The average Bonchev–Trinajstić information content (AvgIpc) is 2.30. The van der Waals surface area contributed by atoms with Gasteiger partial charge in [-0.1, -0.05) is 23.2 Å². The first-order valence-corrected chi connectivity index (χ1v) is 5.83. The Hall–Kier alpha value is -1.25. The molecule has 0 unspecified atom stereocenters. The lowest BCUT2D eigenvalue weighted by atomic mass is 10.1. The van der Waals surface area contributed by atoms with Crippen LogP contribution in [0, 0.1) is 6.92 Å². The van der Waals surface area contributed by atoms with Crippen molar-refractivity contribution in [2.75, 3.05) is 7.11 Å². The van der Waals surface area contributed by atoms with E-state index in [1.54, 1.807) is 25.4 Å². The molecule has 0 amide bonds. The number of benzene rings is 1. The lowest BCUT2D eigenvalue weighted by Gasteiger charge is -2.10. The number of hydrogen-bond acceptors (Lipinski definition) is 2. The number of hydrogen-bond donors (Lipinski definition) is 0. The van der Waals surface area contributed by atoms with E-state index in [0.29, 0.717) is 15.8 Å². The number of halogens is 2. The van der Waals surface area contributed by atoms with Crippen LogP contribution in [-0.4, -0.2) is 12.1 Å². The topological polar surface area (TPSA) is 22.1 Å². The van der Waals surface area contributed by atoms with Crippen LogP contribution >= 0.6 is 23.2 Å². The largest absolute Gasteiger partial charge is 0.494 e. The Bertz CT molecular complexity index is 555. The van der Waals surface area contributed by atoms with E-state index in [1.165, 1.54) is 0 Å². The van der Waals surface area contributed by atoms with Gasteiger partial charge in [-0.25, -0.2) is 0 Å². The van der Waals surface area contributed by atoms with Crippen LogP contribution < -0.4 is 4.74 Å². The molecule has 2 aromatic rings. The normalized spacial score (nSPS) is 10.4. The van der Waals surface area contributed by atoms with Gasteiger partial charge in [-0.2, -0.15) is 0 Å². The molecule has 0 radical (unpaired) electrons. The highest BCUT2D eigenvalue weighted by atomic mass is 35.5. The van der Waals surface area contributed by atoms with Crippen LogP contribution in [0.2, 0.25) is 10.0 Å². The summed E-state index contributed by atoms with van der Waals surface area (Å²) in [6.07, 6.45) is 1.78. The summed E-state index contributed by atoms with van der Waals surface area (Å²) in [6, 6.07) is 7.24. The molecular weight excluding hydrogens is 257 g/mol. The van der Waals surface area contributed by atoms with Crippen LogP contribution in [-0.2, 0) is 0 Å². The van der Waals surface area contributed by atoms with Crippen molar-refractivity contribution in [3.63, 3.8) is 0 Å². The molecule has 0 aliphatic rings. The molecule has 4 heteroatoms.